The van der Waals surface area contributed by atoms with Crippen LogP contribution in [0.2, 0.25) is 0 Å². The largest absolute Gasteiger partial charge is 0.462 e. The third-order valence-corrected chi connectivity index (χ3v) is 7.60. The van der Waals surface area contributed by atoms with Gasteiger partial charge in [-0.25, -0.2) is 9.59 Å². The van der Waals surface area contributed by atoms with Crippen LogP contribution in [-0.2, 0) is 14.3 Å². The van der Waals surface area contributed by atoms with E-state index in [4.69, 9.17) is 19.7 Å². The molecule has 0 bridgehead atoms. The Morgan fingerprint density at radius 3 is 1.77 bits per heavy atom. The van der Waals surface area contributed by atoms with Crippen LogP contribution in [0.25, 0.3) is 5.57 Å². The molecule has 0 heterocycles. The molecule has 1 atom stereocenters. The normalized spacial score (nSPS) is 10.9. The third kappa shape index (κ3) is 13.4. The lowest BCUT2D eigenvalue weighted by molar-refractivity contribution is -0.139. The van der Waals surface area contributed by atoms with Gasteiger partial charge in [-0.2, -0.15) is 5.26 Å². The number of unbranched alkanes of at least 4 members (excludes halogenated alkanes) is 1. The van der Waals surface area contributed by atoms with Gasteiger partial charge in [0, 0.05) is 37.6 Å². The first kappa shape index (κ1) is 38.7. The number of hydrogen-bond acceptors (Lipinski definition) is 8. The number of ether oxygens (including phenoxy) is 2. The van der Waals surface area contributed by atoms with Crippen LogP contribution in [0.15, 0.2) is 90.5 Å². The highest BCUT2D eigenvalue weighted by atomic mass is 16.5. The molecule has 3 aromatic rings. The van der Waals surface area contributed by atoms with Gasteiger partial charge in [-0.05, 0) is 67.5 Å². The Balaban J connectivity index is 0.000000343. The van der Waals surface area contributed by atoms with E-state index in [-0.39, 0.29) is 24.8 Å². The maximum absolute atomic E-state index is 12.8. The molecule has 3 aromatic carbocycles. The highest BCUT2D eigenvalue weighted by Crippen LogP contribution is 2.28. The standard InChI is InChI=1S/C24H27NO2.C15H23NO4/c1-3-5-12-19(4-2)18-27-24(26)22(17-25)23(20-13-8-6-9-14-20)21-15-10-7-11-16-21;1-2-20-15(19)13-5-7-14(8-6-13)16(9-3-11-17)10-4-12-18/h6-11,13-16,19H,3-5,12,18H2,1-2H3;5-8,17-18H,2-4,9-12H2,1H3. The molecule has 252 valence electrons. The predicted molar refractivity (Wildman–Crippen MR) is 187 cm³/mol. The maximum Gasteiger partial charge on any atom is 0.349 e. The van der Waals surface area contributed by atoms with E-state index >= 15 is 0 Å². The second-order valence-electron chi connectivity index (χ2n) is 11.0. The number of hydrogen-bond donors (Lipinski definition) is 2. The quantitative estimate of drug-likeness (QED) is 0.0849. The van der Waals surface area contributed by atoms with Crippen molar-refractivity contribution in [2.24, 2.45) is 5.92 Å². The van der Waals surface area contributed by atoms with Crippen LogP contribution in [0, 0.1) is 17.2 Å². The third-order valence-electron chi connectivity index (χ3n) is 7.60. The molecular formula is C39H50N2O6. The van der Waals surface area contributed by atoms with E-state index in [0.29, 0.717) is 43.1 Å². The average Bonchev–Trinajstić information content (AvgIpc) is 3.11. The van der Waals surface area contributed by atoms with Crippen molar-refractivity contribution in [3.63, 3.8) is 0 Å². The highest BCUT2D eigenvalue weighted by Gasteiger charge is 2.21. The summed E-state index contributed by atoms with van der Waals surface area (Å²) >= 11 is 0. The molecule has 8 nitrogen and oxygen atoms in total. The topological polar surface area (TPSA) is 120 Å². The molecule has 47 heavy (non-hydrogen) atoms. The van der Waals surface area contributed by atoms with Crippen molar-refractivity contribution in [2.45, 2.75) is 59.3 Å². The van der Waals surface area contributed by atoms with Crippen LogP contribution in [0.1, 0.15) is 80.8 Å². The van der Waals surface area contributed by atoms with Crippen molar-refractivity contribution in [3.8, 4) is 6.07 Å². The number of carbonyl (C=O) groups is 2. The fourth-order valence-corrected chi connectivity index (χ4v) is 4.95. The minimum atomic E-state index is -0.546. The Labute approximate surface area is 280 Å². The molecule has 8 heteroatoms. The van der Waals surface area contributed by atoms with Crippen molar-refractivity contribution in [1.82, 2.24) is 0 Å². The number of nitriles is 1. The molecule has 0 radical (unpaired) electrons. The second kappa shape index (κ2) is 23.0. The van der Waals surface area contributed by atoms with Gasteiger partial charge in [-0.15, -0.1) is 0 Å². The molecule has 0 aliphatic carbocycles. The van der Waals surface area contributed by atoms with Crippen molar-refractivity contribution < 1.29 is 29.3 Å². The summed E-state index contributed by atoms with van der Waals surface area (Å²) in [6.45, 7) is 8.46. The zero-order valence-electron chi connectivity index (χ0n) is 28.1. The number of rotatable bonds is 18. The Bertz CT molecular complexity index is 1330. The first-order chi connectivity index (χ1) is 22.9. The Hall–Kier alpha value is -4.45. The number of benzene rings is 3. The molecule has 0 fully saturated rings. The number of anilines is 1. The number of aliphatic hydroxyl groups excluding tert-OH is 2. The van der Waals surface area contributed by atoms with Gasteiger partial charge >= 0.3 is 11.9 Å². The second-order valence-corrected chi connectivity index (χ2v) is 11.0. The summed E-state index contributed by atoms with van der Waals surface area (Å²) in [4.78, 5) is 26.4. The van der Waals surface area contributed by atoms with Crippen LogP contribution in [0.3, 0.4) is 0 Å². The van der Waals surface area contributed by atoms with Gasteiger partial charge in [0.15, 0.2) is 0 Å². The van der Waals surface area contributed by atoms with Crippen molar-refractivity contribution in [3.05, 3.63) is 107 Å². The molecule has 0 saturated heterocycles. The van der Waals surface area contributed by atoms with E-state index < -0.39 is 5.97 Å². The van der Waals surface area contributed by atoms with E-state index in [2.05, 4.69) is 24.8 Å². The lowest BCUT2D eigenvalue weighted by atomic mass is 9.93. The monoisotopic (exact) mass is 642 g/mol. The smallest absolute Gasteiger partial charge is 0.349 e. The maximum atomic E-state index is 12.8. The summed E-state index contributed by atoms with van der Waals surface area (Å²) in [6, 6.07) is 28.3. The summed E-state index contributed by atoms with van der Waals surface area (Å²) in [5.41, 5.74) is 3.83. The van der Waals surface area contributed by atoms with Gasteiger partial charge < -0.3 is 24.6 Å². The summed E-state index contributed by atoms with van der Waals surface area (Å²) in [6.07, 6.45) is 5.59. The van der Waals surface area contributed by atoms with Crippen LogP contribution >= 0.6 is 0 Å². The average molecular weight is 643 g/mol. The molecular weight excluding hydrogens is 592 g/mol. The van der Waals surface area contributed by atoms with Crippen molar-refractivity contribution >= 4 is 23.2 Å². The van der Waals surface area contributed by atoms with Gasteiger partial charge in [0.05, 0.1) is 18.8 Å². The molecule has 0 aromatic heterocycles. The first-order valence-corrected chi connectivity index (χ1v) is 16.6. The van der Waals surface area contributed by atoms with Crippen LogP contribution in [0.4, 0.5) is 5.69 Å². The van der Waals surface area contributed by atoms with Gasteiger partial charge in [0.2, 0.25) is 0 Å². The van der Waals surface area contributed by atoms with E-state index in [1.165, 1.54) is 0 Å². The molecule has 0 spiro atoms. The van der Waals surface area contributed by atoms with Gasteiger partial charge in [-0.1, -0.05) is 93.8 Å². The number of nitrogens with zero attached hydrogens (tertiary/aromatic N) is 2. The van der Waals surface area contributed by atoms with Gasteiger partial charge in [0.1, 0.15) is 11.6 Å². The predicted octanol–water partition coefficient (Wildman–Crippen LogP) is 7.21. The van der Waals surface area contributed by atoms with E-state index in [1.54, 1.807) is 19.1 Å². The van der Waals surface area contributed by atoms with Crippen molar-refractivity contribution in [2.75, 3.05) is 44.4 Å². The van der Waals surface area contributed by atoms with Gasteiger partial charge in [0.25, 0.3) is 0 Å². The zero-order valence-corrected chi connectivity index (χ0v) is 28.1. The van der Waals surface area contributed by atoms with Gasteiger partial charge in [-0.3, -0.25) is 0 Å². The fraction of sp³-hybridized carbons (Fsp3) is 0.410. The summed E-state index contributed by atoms with van der Waals surface area (Å²) in [5, 5.41) is 27.6. The SMILES string of the molecule is CCCCC(CC)COC(=O)C(C#N)=C(c1ccccc1)c1ccccc1.CCOC(=O)c1ccc(N(CCCO)CCCO)cc1. The van der Waals surface area contributed by atoms with E-state index in [1.807, 2.05) is 72.8 Å². The Kier molecular flexibility index (Phi) is 18.9. The fourth-order valence-electron chi connectivity index (χ4n) is 4.95. The minimum Gasteiger partial charge on any atom is -0.462 e. The summed E-state index contributed by atoms with van der Waals surface area (Å²) in [7, 11) is 0. The first-order valence-electron chi connectivity index (χ1n) is 16.6. The van der Waals surface area contributed by atoms with E-state index in [9.17, 15) is 14.9 Å². The molecule has 1 unspecified atom stereocenters. The summed E-state index contributed by atoms with van der Waals surface area (Å²) in [5.74, 6) is -0.530. The number of aliphatic hydroxyl groups is 2. The molecule has 0 amide bonds. The van der Waals surface area contributed by atoms with E-state index in [0.717, 1.165) is 55.6 Å². The lowest BCUT2D eigenvalue weighted by Crippen LogP contribution is -2.27. The molecule has 0 aliphatic rings. The number of esters is 2. The van der Waals surface area contributed by atoms with Crippen LogP contribution < -0.4 is 4.90 Å². The van der Waals surface area contributed by atoms with Crippen LogP contribution in [-0.4, -0.2) is 61.7 Å². The molecule has 0 saturated carbocycles. The molecule has 3 rings (SSSR count). The lowest BCUT2D eigenvalue weighted by Gasteiger charge is -2.24. The Morgan fingerprint density at radius 2 is 1.32 bits per heavy atom. The molecule has 2 N–H and O–H groups in total. The molecule has 0 aliphatic heterocycles. The minimum absolute atomic E-state index is 0.0535. The Morgan fingerprint density at radius 1 is 0.766 bits per heavy atom. The van der Waals surface area contributed by atoms with Crippen molar-refractivity contribution in [1.29, 1.82) is 5.26 Å². The summed E-state index contributed by atoms with van der Waals surface area (Å²) < 4.78 is 10.5. The number of carbonyl (C=O) groups excluding carboxylic acids is 2. The zero-order chi connectivity index (χ0) is 34.3. The highest BCUT2D eigenvalue weighted by molar-refractivity contribution is 6.05. The van der Waals surface area contributed by atoms with Crippen LogP contribution in [0.5, 0.6) is 0 Å².